The average molecular weight is 370 g/mol. The van der Waals surface area contributed by atoms with E-state index in [1.807, 2.05) is 43.3 Å². The van der Waals surface area contributed by atoms with Crippen LogP contribution < -0.4 is 10.6 Å². The summed E-state index contributed by atoms with van der Waals surface area (Å²) in [5.41, 5.74) is 2.38. The number of aromatic nitrogens is 1. The molecule has 0 radical (unpaired) electrons. The number of nitrogens with one attached hydrogen (secondary N) is 2. The zero-order valence-corrected chi connectivity index (χ0v) is 15.2. The molecule has 1 aromatic heterocycles. The monoisotopic (exact) mass is 370 g/mol. The molecular weight excluding hydrogens is 352 g/mol. The number of benzene rings is 2. The van der Waals surface area contributed by atoms with Gasteiger partial charge in [0.15, 0.2) is 0 Å². The highest BCUT2D eigenvalue weighted by Gasteiger charge is 2.15. The van der Waals surface area contributed by atoms with Gasteiger partial charge in [-0.1, -0.05) is 36.4 Å². The van der Waals surface area contributed by atoms with E-state index in [0.717, 1.165) is 5.56 Å². The van der Waals surface area contributed by atoms with Crippen molar-refractivity contribution in [2.75, 3.05) is 5.32 Å². The van der Waals surface area contributed by atoms with Crippen LogP contribution in [-0.2, 0) is 0 Å². The van der Waals surface area contributed by atoms with Gasteiger partial charge < -0.3 is 10.6 Å². The third-order valence-corrected chi connectivity index (χ3v) is 4.15. The first-order valence-corrected chi connectivity index (χ1v) is 8.70. The van der Waals surface area contributed by atoms with Gasteiger partial charge in [0.2, 0.25) is 0 Å². The molecule has 0 aliphatic rings. The number of rotatable bonds is 5. The van der Waals surface area contributed by atoms with Crippen molar-refractivity contribution < 1.29 is 9.59 Å². The Labute approximate surface area is 162 Å². The van der Waals surface area contributed by atoms with Gasteiger partial charge in [-0.05, 0) is 42.8 Å². The summed E-state index contributed by atoms with van der Waals surface area (Å²) in [6.07, 6.45) is 1.42. The molecule has 0 aliphatic carbocycles. The van der Waals surface area contributed by atoms with Crippen LogP contribution in [0.25, 0.3) is 0 Å². The summed E-state index contributed by atoms with van der Waals surface area (Å²) in [4.78, 5) is 29.1. The van der Waals surface area contributed by atoms with Crippen LogP contribution in [0.15, 0.2) is 72.9 Å². The van der Waals surface area contributed by atoms with E-state index in [4.69, 9.17) is 5.26 Å². The molecule has 3 rings (SSSR count). The second kappa shape index (κ2) is 8.60. The van der Waals surface area contributed by atoms with Crippen molar-refractivity contribution in [1.29, 1.82) is 5.26 Å². The molecule has 1 heterocycles. The number of amides is 2. The molecule has 0 saturated carbocycles. The third-order valence-electron chi connectivity index (χ3n) is 4.15. The molecular formula is C22H18N4O2. The minimum atomic E-state index is -0.386. The van der Waals surface area contributed by atoms with Gasteiger partial charge in [0.05, 0.1) is 17.7 Å². The van der Waals surface area contributed by atoms with Crippen molar-refractivity contribution in [3.05, 3.63) is 95.3 Å². The van der Waals surface area contributed by atoms with Gasteiger partial charge in [0.1, 0.15) is 5.69 Å². The van der Waals surface area contributed by atoms with Gasteiger partial charge in [0, 0.05) is 17.4 Å². The van der Waals surface area contributed by atoms with Crippen LogP contribution in [0, 0.1) is 11.3 Å². The van der Waals surface area contributed by atoms with Crippen molar-refractivity contribution in [3.63, 3.8) is 0 Å². The average Bonchev–Trinajstić information content (AvgIpc) is 2.74. The Morgan fingerprint density at radius 1 is 1.00 bits per heavy atom. The lowest BCUT2D eigenvalue weighted by molar-refractivity contribution is 0.0935. The normalized spacial score (nSPS) is 11.1. The number of carbonyl (C=O) groups is 2. The van der Waals surface area contributed by atoms with Crippen LogP contribution in [0.5, 0.6) is 0 Å². The number of hydrogen-bond acceptors (Lipinski definition) is 4. The lowest BCUT2D eigenvalue weighted by Gasteiger charge is -2.14. The zero-order valence-electron chi connectivity index (χ0n) is 15.2. The molecule has 0 aliphatic heterocycles. The van der Waals surface area contributed by atoms with E-state index in [1.165, 1.54) is 18.3 Å². The van der Waals surface area contributed by atoms with Crippen LogP contribution in [-0.4, -0.2) is 16.8 Å². The molecule has 0 saturated heterocycles. The molecule has 0 fully saturated rings. The van der Waals surface area contributed by atoms with E-state index >= 15 is 0 Å². The third kappa shape index (κ3) is 4.59. The first kappa shape index (κ1) is 18.8. The summed E-state index contributed by atoms with van der Waals surface area (Å²) >= 11 is 0. The number of hydrogen-bond donors (Lipinski definition) is 2. The lowest BCUT2D eigenvalue weighted by Crippen LogP contribution is -2.27. The molecule has 1 unspecified atom stereocenters. The fraction of sp³-hybridized carbons (Fsp3) is 0.0909. The highest BCUT2D eigenvalue weighted by atomic mass is 16.2. The Balaban J connectivity index is 1.71. The molecule has 28 heavy (non-hydrogen) atoms. The molecule has 2 aromatic carbocycles. The second-order valence-electron chi connectivity index (χ2n) is 6.18. The Bertz CT molecular complexity index is 1040. The molecule has 6 nitrogen and oxygen atoms in total. The maximum absolute atomic E-state index is 12.5. The Hall–Kier alpha value is -3.98. The summed E-state index contributed by atoms with van der Waals surface area (Å²) in [5.74, 6) is -0.750. The quantitative estimate of drug-likeness (QED) is 0.716. The zero-order chi connectivity index (χ0) is 19.9. The summed E-state index contributed by atoms with van der Waals surface area (Å²) < 4.78 is 0. The largest absolute Gasteiger partial charge is 0.344 e. The highest BCUT2D eigenvalue weighted by Crippen LogP contribution is 2.14. The maximum Gasteiger partial charge on any atom is 0.270 e. The second-order valence-corrected chi connectivity index (χ2v) is 6.18. The van der Waals surface area contributed by atoms with E-state index in [2.05, 4.69) is 15.6 Å². The predicted molar refractivity (Wildman–Crippen MR) is 106 cm³/mol. The molecule has 2 amide bonds. The molecule has 6 heteroatoms. The van der Waals surface area contributed by atoms with Crippen molar-refractivity contribution in [2.24, 2.45) is 0 Å². The van der Waals surface area contributed by atoms with Crippen molar-refractivity contribution in [1.82, 2.24) is 10.3 Å². The number of anilines is 1. The topological polar surface area (TPSA) is 94.9 Å². The molecule has 0 bridgehead atoms. The Morgan fingerprint density at radius 3 is 2.54 bits per heavy atom. The fourth-order valence-electron chi connectivity index (χ4n) is 2.66. The minimum absolute atomic E-state index is 0.154. The van der Waals surface area contributed by atoms with Crippen LogP contribution in [0.1, 0.15) is 44.9 Å². The number of pyridine rings is 1. The van der Waals surface area contributed by atoms with Gasteiger partial charge in [-0.3, -0.25) is 14.6 Å². The van der Waals surface area contributed by atoms with E-state index in [-0.39, 0.29) is 23.6 Å². The van der Waals surface area contributed by atoms with Gasteiger partial charge in [-0.25, -0.2) is 0 Å². The Morgan fingerprint density at radius 2 is 1.79 bits per heavy atom. The molecule has 2 N–H and O–H groups in total. The summed E-state index contributed by atoms with van der Waals surface area (Å²) in [6.45, 7) is 1.88. The van der Waals surface area contributed by atoms with E-state index in [9.17, 15) is 9.59 Å². The fourth-order valence-corrected chi connectivity index (χ4v) is 2.66. The van der Waals surface area contributed by atoms with Crippen LogP contribution in [0.4, 0.5) is 5.69 Å². The van der Waals surface area contributed by atoms with Crippen molar-refractivity contribution in [3.8, 4) is 6.07 Å². The summed E-state index contributed by atoms with van der Waals surface area (Å²) in [5, 5.41) is 14.5. The number of nitrogens with zero attached hydrogens (tertiary/aromatic N) is 2. The highest BCUT2D eigenvalue weighted by molar-refractivity contribution is 6.05. The van der Waals surface area contributed by atoms with Gasteiger partial charge in [-0.2, -0.15) is 5.26 Å². The standard InChI is InChI=1S/C22H18N4O2/c1-15(17-7-3-2-4-8-17)25-22(28)20-13-18(10-11-24-20)21(27)26-19-9-5-6-16(12-19)14-23/h2-13,15H,1H3,(H,25,28)(H,26,27). The van der Waals surface area contributed by atoms with Crippen LogP contribution >= 0.6 is 0 Å². The van der Waals surface area contributed by atoms with Gasteiger partial charge in [-0.15, -0.1) is 0 Å². The number of carbonyl (C=O) groups excluding carboxylic acids is 2. The lowest BCUT2D eigenvalue weighted by atomic mass is 10.1. The van der Waals surface area contributed by atoms with E-state index < -0.39 is 0 Å². The van der Waals surface area contributed by atoms with Gasteiger partial charge >= 0.3 is 0 Å². The van der Waals surface area contributed by atoms with Crippen molar-refractivity contribution >= 4 is 17.5 Å². The molecule has 0 spiro atoms. The first-order chi connectivity index (χ1) is 13.6. The van der Waals surface area contributed by atoms with Gasteiger partial charge in [0.25, 0.3) is 11.8 Å². The number of nitriles is 1. The smallest absolute Gasteiger partial charge is 0.270 e. The first-order valence-electron chi connectivity index (χ1n) is 8.70. The minimum Gasteiger partial charge on any atom is -0.344 e. The summed E-state index contributed by atoms with van der Waals surface area (Å²) in [6, 6.07) is 21.0. The van der Waals surface area contributed by atoms with Crippen LogP contribution in [0.3, 0.4) is 0 Å². The van der Waals surface area contributed by atoms with Crippen molar-refractivity contribution in [2.45, 2.75) is 13.0 Å². The van der Waals surface area contributed by atoms with Crippen LogP contribution in [0.2, 0.25) is 0 Å². The summed E-state index contributed by atoms with van der Waals surface area (Å²) in [7, 11) is 0. The van der Waals surface area contributed by atoms with E-state index in [0.29, 0.717) is 16.8 Å². The molecule has 138 valence electrons. The molecule has 1 atom stereocenters. The molecule has 3 aromatic rings. The SMILES string of the molecule is CC(NC(=O)c1cc(C(=O)Nc2cccc(C#N)c2)ccn1)c1ccccc1. The predicted octanol–water partition coefficient (Wildman–Crippen LogP) is 3.70. The maximum atomic E-state index is 12.5. The van der Waals surface area contributed by atoms with E-state index in [1.54, 1.807) is 24.3 Å². The Kier molecular flexibility index (Phi) is 5.78.